The summed E-state index contributed by atoms with van der Waals surface area (Å²) >= 11 is 0. The molecule has 11 heteroatoms. The summed E-state index contributed by atoms with van der Waals surface area (Å²) in [6.07, 6.45) is 46.0. The van der Waals surface area contributed by atoms with Crippen molar-refractivity contribution in [1.29, 1.82) is 0 Å². The zero-order valence-electron chi connectivity index (χ0n) is 43.3. The third-order valence-electron chi connectivity index (χ3n) is 13.3. The molecular formula is C57H105NO10. The van der Waals surface area contributed by atoms with E-state index in [9.17, 15) is 40.5 Å². The summed E-state index contributed by atoms with van der Waals surface area (Å²) in [4.78, 5) is 13.1. The fourth-order valence-electron chi connectivity index (χ4n) is 8.70. The van der Waals surface area contributed by atoms with Gasteiger partial charge in [0.1, 0.15) is 36.6 Å². The van der Waals surface area contributed by atoms with Crippen LogP contribution in [-0.2, 0) is 14.3 Å². The highest BCUT2D eigenvalue weighted by Gasteiger charge is 2.44. The van der Waals surface area contributed by atoms with Gasteiger partial charge in [0.15, 0.2) is 6.29 Å². The Bertz CT molecular complexity index is 1240. The van der Waals surface area contributed by atoms with Crippen molar-refractivity contribution in [2.75, 3.05) is 13.2 Å². The Morgan fingerprint density at radius 3 is 1.31 bits per heavy atom. The zero-order valence-corrected chi connectivity index (χ0v) is 43.3. The average Bonchev–Trinajstić information content (AvgIpc) is 3.34. The van der Waals surface area contributed by atoms with Crippen LogP contribution < -0.4 is 5.32 Å². The molecule has 0 aromatic rings. The number of ether oxygens (including phenoxy) is 2. The molecule has 0 aromatic heterocycles. The first kappa shape index (κ1) is 64.1. The maximum atomic E-state index is 13.1. The van der Waals surface area contributed by atoms with Crippen LogP contribution in [0.25, 0.3) is 0 Å². The van der Waals surface area contributed by atoms with Gasteiger partial charge in [-0.1, -0.05) is 197 Å². The Kier molecular flexibility index (Phi) is 43.5. The van der Waals surface area contributed by atoms with E-state index in [0.717, 1.165) is 57.8 Å². The highest BCUT2D eigenvalue weighted by Crippen LogP contribution is 2.23. The van der Waals surface area contributed by atoms with Crippen molar-refractivity contribution in [2.24, 2.45) is 0 Å². The van der Waals surface area contributed by atoms with E-state index in [4.69, 9.17) is 9.47 Å². The number of hydrogen-bond donors (Lipinski definition) is 8. The van der Waals surface area contributed by atoms with Crippen molar-refractivity contribution >= 4 is 5.91 Å². The van der Waals surface area contributed by atoms with Gasteiger partial charge in [-0.3, -0.25) is 4.79 Å². The summed E-state index contributed by atoms with van der Waals surface area (Å²) < 4.78 is 11.1. The maximum Gasteiger partial charge on any atom is 0.249 e. The molecule has 1 aliphatic rings. The molecule has 1 aliphatic heterocycles. The van der Waals surface area contributed by atoms with E-state index in [0.29, 0.717) is 19.3 Å². The number of amides is 1. The number of allylic oxidation sites excluding steroid dienone is 8. The van der Waals surface area contributed by atoms with Crippen LogP contribution in [0.1, 0.15) is 239 Å². The Hall–Kier alpha value is -1.93. The summed E-state index contributed by atoms with van der Waals surface area (Å²) in [5.41, 5.74) is 0. The van der Waals surface area contributed by atoms with Crippen LogP contribution in [0, 0.1) is 0 Å². The molecule has 68 heavy (non-hydrogen) atoms. The highest BCUT2D eigenvalue weighted by molar-refractivity contribution is 5.80. The van der Waals surface area contributed by atoms with E-state index in [-0.39, 0.29) is 12.8 Å². The van der Waals surface area contributed by atoms with E-state index < -0.39 is 74.2 Å². The van der Waals surface area contributed by atoms with Crippen LogP contribution >= 0.6 is 0 Å². The minimum Gasteiger partial charge on any atom is -0.394 e. The maximum absolute atomic E-state index is 13.1. The minimum absolute atomic E-state index is 0.234. The smallest absolute Gasteiger partial charge is 0.249 e. The normalized spacial score (nSPS) is 20.9. The van der Waals surface area contributed by atoms with Crippen molar-refractivity contribution < 1.29 is 50.0 Å². The number of nitrogens with one attached hydrogen (secondary N) is 1. The summed E-state index contributed by atoms with van der Waals surface area (Å²) in [6, 6.07) is -1.20. The van der Waals surface area contributed by atoms with Crippen LogP contribution in [0.5, 0.6) is 0 Å². The lowest BCUT2D eigenvalue weighted by molar-refractivity contribution is -0.303. The first-order valence-corrected chi connectivity index (χ1v) is 28.0. The second kappa shape index (κ2) is 46.2. The molecule has 8 N–H and O–H groups in total. The topological polar surface area (TPSA) is 189 Å². The quantitative estimate of drug-likeness (QED) is 0.0215. The fourth-order valence-corrected chi connectivity index (χ4v) is 8.70. The van der Waals surface area contributed by atoms with Gasteiger partial charge in [-0.05, 0) is 89.9 Å². The highest BCUT2D eigenvalue weighted by atomic mass is 16.7. The third kappa shape index (κ3) is 34.4. The number of carbonyl (C=O) groups excluding carboxylic acids is 1. The van der Waals surface area contributed by atoms with Gasteiger partial charge in [0, 0.05) is 0 Å². The van der Waals surface area contributed by atoms with E-state index in [1.807, 2.05) is 0 Å². The van der Waals surface area contributed by atoms with Crippen LogP contribution in [0.15, 0.2) is 48.6 Å². The molecule has 0 aliphatic carbocycles. The standard InChI is InChI=1S/C57H105NO10/c1-3-5-7-9-11-13-15-17-19-20-21-22-23-24-25-26-27-28-29-31-32-34-36-38-40-42-44-49(60)52(62)48(47-67-57-55(65)54(64)53(63)51(46-59)68-57)58-56(66)50(61)45-43-41-39-37-35-33-30-18-16-14-12-10-8-6-4-2/h25-26,29-31,33,36,38,48-55,57,59-65H,3-24,27-28,32,34-35,37,39-47H2,1-2H3,(H,58,66)/b26-25+,31-29+,33-30-,38-36+. The van der Waals surface area contributed by atoms with E-state index in [1.54, 1.807) is 0 Å². The molecule has 1 heterocycles. The Morgan fingerprint density at radius 2 is 0.882 bits per heavy atom. The van der Waals surface area contributed by atoms with Crippen molar-refractivity contribution in [3.8, 4) is 0 Å². The number of hydrogen-bond acceptors (Lipinski definition) is 10. The van der Waals surface area contributed by atoms with Gasteiger partial charge in [-0.25, -0.2) is 0 Å². The van der Waals surface area contributed by atoms with Gasteiger partial charge >= 0.3 is 0 Å². The summed E-state index contributed by atoms with van der Waals surface area (Å²) in [7, 11) is 0. The van der Waals surface area contributed by atoms with Gasteiger partial charge in [-0.2, -0.15) is 0 Å². The van der Waals surface area contributed by atoms with Crippen LogP contribution in [-0.4, -0.2) is 110 Å². The minimum atomic E-state index is -1.68. The first-order chi connectivity index (χ1) is 33.2. The molecule has 9 unspecified atom stereocenters. The number of aliphatic hydroxyl groups is 7. The monoisotopic (exact) mass is 964 g/mol. The number of aliphatic hydroxyl groups excluding tert-OH is 7. The third-order valence-corrected chi connectivity index (χ3v) is 13.3. The SMILES string of the molecule is CCCCCCCCC/C=C\CCCCCCC(O)C(=O)NC(COC1OC(CO)C(O)C(O)C1O)C(O)C(O)CCC/C=C/CC/C=C/CC/C=C/CCCCCCCCCCCCCCC. The molecule has 1 rings (SSSR count). The van der Waals surface area contributed by atoms with Gasteiger partial charge < -0.3 is 50.5 Å². The molecule has 0 aromatic carbocycles. The summed E-state index contributed by atoms with van der Waals surface area (Å²) in [6.45, 7) is 3.43. The lowest BCUT2D eigenvalue weighted by Gasteiger charge is -2.40. The van der Waals surface area contributed by atoms with Gasteiger partial charge in [0.25, 0.3) is 0 Å². The average molecular weight is 964 g/mol. The summed E-state index contributed by atoms with van der Waals surface area (Å²) in [5, 5.41) is 75.9. The van der Waals surface area contributed by atoms with Crippen LogP contribution in [0.3, 0.4) is 0 Å². The molecule has 1 saturated heterocycles. The number of rotatable bonds is 47. The first-order valence-electron chi connectivity index (χ1n) is 28.0. The Balaban J connectivity index is 2.37. The summed E-state index contributed by atoms with van der Waals surface area (Å²) in [5.74, 6) is -0.722. The van der Waals surface area contributed by atoms with Gasteiger partial charge in [0.05, 0.1) is 25.4 Å². The molecular weight excluding hydrogens is 859 g/mol. The Labute approximate surface area is 415 Å². The Morgan fingerprint density at radius 1 is 0.500 bits per heavy atom. The van der Waals surface area contributed by atoms with Gasteiger partial charge in [0.2, 0.25) is 5.91 Å². The molecule has 11 nitrogen and oxygen atoms in total. The lowest BCUT2D eigenvalue weighted by atomic mass is 9.98. The van der Waals surface area contributed by atoms with Crippen molar-refractivity contribution in [1.82, 2.24) is 5.32 Å². The number of unbranched alkanes of at least 4 members (excludes halogenated alkanes) is 27. The molecule has 0 bridgehead atoms. The van der Waals surface area contributed by atoms with E-state index in [2.05, 4.69) is 67.8 Å². The second-order valence-corrected chi connectivity index (χ2v) is 19.6. The predicted octanol–water partition coefficient (Wildman–Crippen LogP) is 11.3. The largest absolute Gasteiger partial charge is 0.394 e. The van der Waals surface area contributed by atoms with Crippen molar-refractivity contribution in [2.45, 2.75) is 294 Å². The molecule has 0 radical (unpaired) electrons. The van der Waals surface area contributed by atoms with Crippen molar-refractivity contribution in [3.05, 3.63) is 48.6 Å². The van der Waals surface area contributed by atoms with Crippen molar-refractivity contribution in [3.63, 3.8) is 0 Å². The fraction of sp³-hybridized carbons (Fsp3) is 0.842. The molecule has 1 amide bonds. The molecule has 0 saturated carbocycles. The lowest BCUT2D eigenvalue weighted by Crippen LogP contribution is -2.60. The van der Waals surface area contributed by atoms with E-state index in [1.165, 1.54) is 135 Å². The zero-order chi connectivity index (χ0) is 49.7. The second-order valence-electron chi connectivity index (χ2n) is 19.6. The molecule has 9 atom stereocenters. The molecule has 398 valence electrons. The number of carbonyl (C=O) groups is 1. The molecule has 1 fully saturated rings. The predicted molar refractivity (Wildman–Crippen MR) is 279 cm³/mol. The van der Waals surface area contributed by atoms with Gasteiger partial charge in [-0.15, -0.1) is 0 Å². The van der Waals surface area contributed by atoms with Crippen LogP contribution in [0.4, 0.5) is 0 Å². The van der Waals surface area contributed by atoms with Crippen LogP contribution in [0.2, 0.25) is 0 Å². The van der Waals surface area contributed by atoms with E-state index >= 15 is 0 Å². The molecule has 0 spiro atoms.